The monoisotopic (exact) mass is 309 g/mol. The molecule has 0 amide bonds. The maximum absolute atomic E-state index is 14.0. The molecule has 1 aromatic rings. The van der Waals surface area contributed by atoms with Gasteiger partial charge in [0.25, 0.3) is 0 Å². The van der Waals surface area contributed by atoms with Crippen molar-refractivity contribution < 1.29 is 31.7 Å². The molecule has 0 aliphatic carbocycles. The van der Waals surface area contributed by atoms with Gasteiger partial charge in [0.1, 0.15) is 11.4 Å². The third-order valence-corrected chi connectivity index (χ3v) is 3.27. The zero-order valence-corrected chi connectivity index (χ0v) is 11.5. The van der Waals surface area contributed by atoms with Crippen molar-refractivity contribution in [1.82, 2.24) is 0 Å². The van der Waals surface area contributed by atoms with Gasteiger partial charge in [-0.1, -0.05) is 13.8 Å². The van der Waals surface area contributed by atoms with Crippen molar-refractivity contribution in [3.63, 3.8) is 0 Å². The lowest BCUT2D eigenvalue weighted by Crippen LogP contribution is -2.34. The Kier molecular flexibility index (Phi) is 4.66. The van der Waals surface area contributed by atoms with Gasteiger partial charge < -0.3 is 5.11 Å². The summed E-state index contributed by atoms with van der Waals surface area (Å²) in [6.45, 7) is 2.93. The Labute approximate surface area is 114 Å². The van der Waals surface area contributed by atoms with Crippen LogP contribution >= 0.6 is 0 Å². The first-order chi connectivity index (χ1) is 9.05. The van der Waals surface area contributed by atoms with Crippen LogP contribution in [0.3, 0.4) is 0 Å². The summed E-state index contributed by atoms with van der Waals surface area (Å²) < 4.78 is 59.1. The van der Waals surface area contributed by atoms with E-state index < -0.39 is 39.2 Å². The topological polar surface area (TPSA) is 94.9 Å². The van der Waals surface area contributed by atoms with Crippen molar-refractivity contribution in [3.8, 4) is 0 Å². The van der Waals surface area contributed by atoms with E-state index in [4.69, 9.17) is 9.66 Å². The number of carbonyl (C=O) groups is 1. The first-order valence-corrected chi connectivity index (χ1v) is 6.91. The Hall–Kier alpha value is -1.74. The molecule has 0 saturated heterocycles. The van der Waals surface area contributed by atoms with Crippen LogP contribution in [0.4, 0.5) is 14.5 Å². The van der Waals surface area contributed by atoms with Gasteiger partial charge in [0.15, 0.2) is 5.82 Å². The minimum Gasteiger partial charge on any atom is -0.477 e. The molecule has 0 fully saturated rings. The summed E-state index contributed by atoms with van der Waals surface area (Å²) in [5, 5.41) is 8.73. The van der Waals surface area contributed by atoms with Crippen LogP contribution in [-0.2, 0) is 10.3 Å². The van der Waals surface area contributed by atoms with Crippen LogP contribution in [0.25, 0.3) is 0 Å². The maximum Gasteiger partial charge on any atom is 0.360 e. The van der Waals surface area contributed by atoms with Crippen LogP contribution in [-0.4, -0.2) is 30.6 Å². The molecule has 0 spiro atoms. The third-order valence-electron chi connectivity index (χ3n) is 2.36. The van der Waals surface area contributed by atoms with E-state index >= 15 is 0 Å². The van der Waals surface area contributed by atoms with E-state index in [2.05, 4.69) is 0 Å². The van der Waals surface area contributed by atoms with E-state index in [0.717, 1.165) is 6.07 Å². The van der Waals surface area contributed by atoms with Crippen molar-refractivity contribution in [2.75, 3.05) is 10.8 Å². The molecule has 1 rings (SSSR count). The molecule has 20 heavy (non-hydrogen) atoms. The fourth-order valence-corrected chi connectivity index (χ4v) is 2.45. The summed E-state index contributed by atoms with van der Waals surface area (Å²) in [7, 11) is -4.81. The van der Waals surface area contributed by atoms with Gasteiger partial charge >= 0.3 is 16.3 Å². The number of benzene rings is 1. The normalized spacial score (nSPS) is 11.7. The lowest BCUT2D eigenvalue weighted by molar-refractivity contribution is 0.0686. The van der Waals surface area contributed by atoms with Gasteiger partial charge in [-0.25, -0.2) is 17.9 Å². The third kappa shape index (κ3) is 3.42. The van der Waals surface area contributed by atoms with Crippen LogP contribution in [0.2, 0.25) is 0 Å². The highest BCUT2D eigenvalue weighted by Crippen LogP contribution is 2.27. The summed E-state index contributed by atoms with van der Waals surface area (Å²) in [5.41, 5.74) is -2.00. The molecule has 0 aliphatic rings. The molecule has 0 aliphatic heterocycles. The van der Waals surface area contributed by atoms with Crippen LogP contribution < -0.4 is 4.31 Å². The van der Waals surface area contributed by atoms with Crippen molar-refractivity contribution in [2.24, 2.45) is 5.92 Å². The molecular weight excluding hydrogens is 296 g/mol. The first kappa shape index (κ1) is 16.3. The summed E-state index contributed by atoms with van der Waals surface area (Å²) in [5.74, 6) is -5.05. The van der Waals surface area contributed by atoms with Gasteiger partial charge in [0.2, 0.25) is 0 Å². The van der Waals surface area contributed by atoms with Gasteiger partial charge in [-0.05, 0) is 18.1 Å². The standard InChI is InChI=1S/C11H13F2NO5S/c1-6(2)5-14(20(17,18)19)8-4-3-7(12)9(10(8)13)11(15)16/h3-4,6H,5H2,1-2H3,(H,15,16)(H,17,18,19). The van der Waals surface area contributed by atoms with Gasteiger partial charge in [-0.2, -0.15) is 8.42 Å². The number of carboxylic acid groups (broad SMARTS) is 1. The Bertz CT molecular complexity index is 630. The fraction of sp³-hybridized carbons (Fsp3) is 0.364. The van der Waals surface area contributed by atoms with Crippen molar-refractivity contribution in [2.45, 2.75) is 13.8 Å². The molecule has 0 aromatic heterocycles. The second-order valence-electron chi connectivity index (χ2n) is 4.46. The molecule has 6 nitrogen and oxygen atoms in total. The van der Waals surface area contributed by atoms with Crippen LogP contribution in [0, 0.1) is 17.6 Å². The number of carboxylic acids is 1. The Balaban J connectivity index is 3.50. The number of aromatic carboxylic acids is 1. The predicted molar refractivity (Wildman–Crippen MR) is 67.0 cm³/mol. The molecule has 0 radical (unpaired) electrons. The Morgan fingerprint density at radius 1 is 1.35 bits per heavy atom. The first-order valence-electron chi connectivity index (χ1n) is 5.52. The minimum atomic E-state index is -4.81. The Morgan fingerprint density at radius 3 is 2.30 bits per heavy atom. The largest absolute Gasteiger partial charge is 0.477 e. The maximum atomic E-state index is 14.0. The highest BCUT2D eigenvalue weighted by molar-refractivity contribution is 7.87. The van der Waals surface area contributed by atoms with E-state index in [-0.39, 0.29) is 12.5 Å². The van der Waals surface area contributed by atoms with Crippen molar-refractivity contribution in [1.29, 1.82) is 0 Å². The number of halogens is 2. The molecular formula is C11H13F2NO5S. The SMILES string of the molecule is CC(C)CN(c1ccc(F)c(C(=O)O)c1F)S(=O)(=O)O. The number of hydrogen-bond donors (Lipinski definition) is 2. The highest BCUT2D eigenvalue weighted by atomic mass is 32.2. The van der Waals surface area contributed by atoms with Crippen LogP contribution in [0.1, 0.15) is 24.2 Å². The summed E-state index contributed by atoms with van der Waals surface area (Å²) in [6.07, 6.45) is 0. The number of anilines is 1. The fourth-order valence-electron chi connectivity index (χ4n) is 1.58. The zero-order chi connectivity index (χ0) is 15.7. The average molecular weight is 309 g/mol. The van der Waals surface area contributed by atoms with Gasteiger partial charge in [-0.15, -0.1) is 0 Å². The number of nitrogens with zero attached hydrogens (tertiary/aromatic N) is 1. The minimum absolute atomic E-state index is 0.283. The van der Waals surface area contributed by atoms with E-state index in [9.17, 15) is 22.0 Å². The van der Waals surface area contributed by atoms with Gasteiger partial charge in [0.05, 0.1) is 5.69 Å². The number of rotatable bonds is 5. The molecule has 0 saturated carbocycles. The van der Waals surface area contributed by atoms with E-state index in [1.54, 1.807) is 13.8 Å². The second-order valence-corrected chi connectivity index (χ2v) is 5.80. The predicted octanol–water partition coefficient (Wildman–Crippen LogP) is 1.93. The zero-order valence-electron chi connectivity index (χ0n) is 10.7. The smallest absolute Gasteiger partial charge is 0.360 e. The van der Waals surface area contributed by atoms with Crippen LogP contribution in [0.15, 0.2) is 12.1 Å². The summed E-state index contributed by atoms with van der Waals surface area (Å²) in [6, 6.07) is 1.38. The molecule has 1 aromatic carbocycles. The van der Waals surface area contributed by atoms with Crippen molar-refractivity contribution >= 4 is 22.0 Å². The lowest BCUT2D eigenvalue weighted by Gasteiger charge is -2.23. The van der Waals surface area contributed by atoms with Gasteiger partial charge in [0, 0.05) is 6.54 Å². The molecule has 2 N–H and O–H groups in total. The van der Waals surface area contributed by atoms with Crippen LogP contribution in [0.5, 0.6) is 0 Å². The molecule has 0 heterocycles. The molecule has 0 atom stereocenters. The average Bonchev–Trinajstić information content (AvgIpc) is 2.24. The summed E-state index contributed by atoms with van der Waals surface area (Å²) in [4.78, 5) is 10.8. The molecule has 112 valence electrons. The van der Waals surface area contributed by atoms with Crippen molar-refractivity contribution in [3.05, 3.63) is 29.3 Å². The highest BCUT2D eigenvalue weighted by Gasteiger charge is 2.28. The lowest BCUT2D eigenvalue weighted by atomic mass is 10.1. The summed E-state index contributed by atoms with van der Waals surface area (Å²) >= 11 is 0. The molecule has 0 bridgehead atoms. The molecule has 0 unspecified atom stereocenters. The van der Waals surface area contributed by atoms with E-state index in [1.165, 1.54) is 0 Å². The Morgan fingerprint density at radius 2 is 1.90 bits per heavy atom. The quantitative estimate of drug-likeness (QED) is 0.810. The second kappa shape index (κ2) is 5.71. The van der Waals surface area contributed by atoms with E-state index in [0.29, 0.717) is 10.4 Å². The number of hydrogen-bond acceptors (Lipinski definition) is 3. The molecule has 9 heteroatoms. The van der Waals surface area contributed by atoms with Gasteiger partial charge in [-0.3, -0.25) is 4.55 Å². The van der Waals surface area contributed by atoms with E-state index in [1.807, 2.05) is 0 Å².